The third kappa shape index (κ3) is 3.64. The maximum atomic E-state index is 14.2. The molecule has 26 heavy (non-hydrogen) atoms. The van der Waals surface area contributed by atoms with Crippen LogP contribution in [0.15, 0.2) is 83.3 Å². The molecule has 1 unspecified atom stereocenters. The van der Waals surface area contributed by atoms with Gasteiger partial charge < -0.3 is 14.4 Å². The summed E-state index contributed by atoms with van der Waals surface area (Å²) in [4.78, 5) is 0. The molecule has 3 rings (SSSR count). The van der Waals surface area contributed by atoms with E-state index in [1.54, 1.807) is 36.4 Å². The Morgan fingerprint density at radius 1 is 0.962 bits per heavy atom. The van der Waals surface area contributed by atoms with Crippen LogP contribution in [0.2, 0.25) is 0 Å². The van der Waals surface area contributed by atoms with E-state index in [0.29, 0.717) is 28.5 Å². The highest BCUT2D eigenvalue weighted by atomic mass is 79.9. The molecule has 3 aromatic rings. The molecule has 0 heterocycles. The van der Waals surface area contributed by atoms with Gasteiger partial charge in [-0.3, -0.25) is 0 Å². The zero-order valence-electron chi connectivity index (χ0n) is 14.4. The van der Waals surface area contributed by atoms with Crippen LogP contribution in [-0.2, 0) is 4.57 Å². The van der Waals surface area contributed by atoms with Crippen molar-refractivity contribution < 1.29 is 14.4 Å². The molecule has 3 nitrogen and oxygen atoms in total. The minimum atomic E-state index is -3.34. The van der Waals surface area contributed by atoms with Gasteiger partial charge in [0.1, 0.15) is 11.6 Å². The molecule has 0 saturated carbocycles. The number of hydrogen-bond donors (Lipinski definition) is 1. The van der Waals surface area contributed by atoms with E-state index in [1.807, 2.05) is 49.4 Å². The van der Waals surface area contributed by atoms with Crippen LogP contribution in [0.5, 0.6) is 5.75 Å². The first-order chi connectivity index (χ1) is 12.6. The number of rotatable bonds is 6. The van der Waals surface area contributed by atoms with Gasteiger partial charge in [0.05, 0.1) is 6.61 Å². The lowest BCUT2D eigenvalue weighted by molar-refractivity contribution is 0.245. The van der Waals surface area contributed by atoms with Crippen molar-refractivity contribution in [3.63, 3.8) is 0 Å². The standard InChI is InChI=1S/C21H20BrO3P/c1-2-25-20-15-16(22)13-14-19(20)21(23)26(24,17-9-5-3-6-10-17)18-11-7-4-8-12-18/h3-15,21,23H,2H2,1H3. The zero-order chi connectivity index (χ0) is 18.6. The summed E-state index contributed by atoms with van der Waals surface area (Å²) < 4.78 is 20.8. The Hall–Kier alpha value is -1.87. The van der Waals surface area contributed by atoms with Crippen molar-refractivity contribution in [2.24, 2.45) is 0 Å². The lowest BCUT2D eigenvalue weighted by Crippen LogP contribution is -2.21. The molecule has 0 aliphatic heterocycles. The second kappa shape index (κ2) is 8.22. The molecule has 0 aromatic heterocycles. The summed E-state index contributed by atoms with van der Waals surface area (Å²) in [6.45, 7) is 2.34. The summed E-state index contributed by atoms with van der Waals surface area (Å²) in [5, 5.41) is 12.5. The summed E-state index contributed by atoms with van der Waals surface area (Å²) in [6, 6.07) is 23.7. The van der Waals surface area contributed by atoms with Crippen LogP contribution in [0.1, 0.15) is 18.3 Å². The molecule has 0 amide bonds. The minimum Gasteiger partial charge on any atom is -0.493 e. The maximum absolute atomic E-state index is 14.2. The molecular weight excluding hydrogens is 411 g/mol. The van der Waals surface area contributed by atoms with E-state index in [4.69, 9.17) is 4.74 Å². The van der Waals surface area contributed by atoms with Crippen LogP contribution in [0.3, 0.4) is 0 Å². The summed E-state index contributed by atoms with van der Waals surface area (Å²) in [5.74, 6) is -0.677. The van der Waals surface area contributed by atoms with Crippen LogP contribution < -0.4 is 15.3 Å². The predicted octanol–water partition coefficient (Wildman–Crippen LogP) is 4.85. The average molecular weight is 431 g/mol. The van der Waals surface area contributed by atoms with Crippen molar-refractivity contribution in [3.8, 4) is 5.75 Å². The van der Waals surface area contributed by atoms with Crippen molar-refractivity contribution in [1.82, 2.24) is 0 Å². The molecular formula is C21H20BrO3P. The summed E-state index contributed by atoms with van der Waals surface area (Å²) in [6.07, 6.45) is 0. The molecule has 0 spiro atoms. The molecule has 0 bridgehead atoms. The van der Waals surface area contributed by atoms with Crippen LogP contribution in [-0.4, -0.2) is 11.7 Å². The fourth-order valence-corrected chi connectivity index (χ4v) is 5.97. The number of hydrogen-bond acceptors (Lipinski definition) is 3. The van der Waals surface area contributed by atoms with E-state index in [-0.39, 0.29) is 0 Å². The van der Waals surface area contributed by atoms with Gasteiger partial charge in [-0.15, -0.1) is 0 Å². The Balaban J connectivity index is 2.19. The fourth-order valence-electron chi connectivity index (χ4n) is 2.93. The van der Waals surface area contributed by atoms with Crippen LogP contribution >= 0.6 is 23.1 Å². The highest BCUT2D eigenvalue weighted by Crippen LogP contribution is 2.57. The van der Waals surface area contributed by atoms with Crippen molar-refractivity contribution in [3.05, 3.63) is 88.9 Å². The molecule has 3 aromatic carbocycles. The van der Waals surface area contributed by atoms with Crippen molar-refractivity contribution >= 4 is 33.7 Å². The van der Waals surface area contributed by atoms with Crippen LogP contribution in [0, 0.1) is 0 Å². The van der Waals surface area contributed by atoms with Crippen molar-refractivity contribution in [1.29, 1.82) is 0 Å². The first kappa shape index (κ1) is 18.9. The van der Waals surface area contributed by atoms with E-state index < -0.39 is 13.0 Å². The predicted molar refractivity (Wildman–Crippen MR) is 110 cm³/mol. The first-order valence-electron chi connectivity index (χ1n) is 8.38. The van der Waals surface area contributed by atoms with Crippen LogP contribution in [0.25, 0.3) is 0 Å². The largest absolute Gasteiger partial charge is 0.493 e. The Kier molecular flexibility index (Phi) is 5.98. The third-order valence-corrected chi connectivity index (χ3v) is 7.77. The third-order valence-electron chi connectivity index (χ3n) is 4.18. The molecule has 5 heteroatoms. The van der Waals surface area contributed by atoms with E-state index in [2.05, 4.69) is 15.9 Å². The monoisotopic (exact) mass is 430 g/mol. The Morgan fingerprint density at radius 3 is 2.00 bits per heavy atom. The Morgan fingerprint density at radius 2 is 1.50 bits per heavy atom. The minimum absolute atomic E-state index is 0.456. The lowest BCUT2D eigenvalue weighted by atomic mass is 10.2. The van der Waals surface area contributed by atoms with E-state index in [1.165, 1.54) is 0 Å². The van der Waals surface area contributed by atoms with E-state index in [9.17, 15) is 9.67 Å². The molecule has 0 aliphatic rings. The molecule has 0 saturated heterocycles. The number of benzene rings is 3. The van der Waals surface area contributed by atoms with Crippen molar-refractivity contribution in [2.75, 3.05) is 6.61 Å². The van der Waals surface area contributed by atoms with Gasteiger partial charge in [0.15, 0.2) is 7.14 Å². The average Bonchev–Trinajstić information content (AvgIpc) is 2.68. The van der Waals surface area contributed by atoms with Crippen LogP contribution in [0.4, 0.5) is 0 Å². The van der Waals surface area contributed by atoms with Gasteiger partial charge in [-0.25, -0.2) is 0 Å². The number of aliphatic hydroxyl groups excluding tert-OH is 1. The Labute approximate surface area is 162 Å². The number of aliphatic hydroxyl groups is 1. The second-order valence-corrected chi connectivity index (χ2v) is 9.57. The fraction of sp³-hybridized carbons (Fsp3) is 0.143. The van der Waals surface area contributed by atoms with Gasteiger partial charge in [0.2, 0.25) is 0 Å². The van der Waals surface area contributed by atoms with Gasteiger partial charge in [-0.05, 0) is 19.1 Å². The normalized spacial score (nSPS) is 12.6. The molecule has 1 atom stereocenters. The lowest BCUT2D eigenvalue weighted by Gasteiger charge is -2.26. The van der Waals surface area contributed by atoms with Gasteiger partial charge in [-0.2, -0.15) is 0 Å². The number of ether oxygens (including phenoxy) is 1. The molecule has 0 radical (unpaired) electrons. The summed E-state index contributed by atoms with van der Waals surface area (Å²) in [5.41, 5.74) is 0.520. The number of halogens is 1. The topological polar surface area (TPSA) is 46.5 Å². The van der Waals surface area contributed by atoms with E-state index in [0.717, 1.165) is 4.47 Å². The van der Waals surface area contributed by atoms with Gasteiger partial charge in [-0.1, -0.05) is 82.7 Å². The zero-order valence-corrected chi connectivity index (χ0v) is 16.9. The first-order valence-corrected chi connectivity index (χ1v) is 11.0. The Bertz CT molecular complexity index is 870. The van der Waals surface area contributed by atoms with Crippen molar-refractivity contribution in [2.45, 2.75) is 12.8 Å². The highest BCUT2D eigenvalue weighted by molar-refractivity contribution is 9.10. The summed E-state index contributed by atoms with van der Waals surface area (Å²) >= 11 is 3.43. The molecule has 0 aliphatic carbocycles. The molecule has 134 valence electrons. The van der Waals surface area contributed by atoms with Gasteiger partial charge >= 0.3 is 0 Å². The molecule has 0 fully saturated rings. The summed E-state index contributed by atoms with van der Waals surface area (Å²) in [7, 11) is -3.34. The SMILES string of the molecule is CCOc1cc(Br)ccc1C(O)P(=O)(c1ccccc1)c1ccccc1. The quantitative estimate of drug-likeness (QED) is 0.568. The van der Waals surface area contributed by atoms with Gasteiger partial charge in [0, 0.05) is 20.6 Å². The maximum Gasteiger partial charge on any atom is 0.174 e. The second-order valence-electron chi connectivity index (χ2n) is 5.82. The smallest absolute Gasteiger partial charge is 0.174 e. The van der Waals surface area contributed by atoms with Gasteiger partial charge in [0.25, 0.3) is 0 Å². The highest BCUT2D eigenvalue weighted by Gasteiger charge is 2.38. The molecule has 1 N–H and O–H groups in total. The van der Waals surface area contributed by atoms with E-state index >= 15 is 0 Å².